The molecule has 2 aromatic heterocycles. The van der Waals surface area contributed by atoms with Gasteiger partial charge in [0.05, 0.1) is 11.4 Å². The first kappa shape index (κ1) is 19.0. The van der Waals surface area contributed by atoms with Gasteiger partial charge in [-0.05, 0) is 60.5 Å². The van der Waals surface area contributed by atoms with Gasteiger partial charge in [0.15, 0.2) is 5.69 Å². The summed E-state index contributed by atoms with van der Waals surface area (Å²) in [6, 6.07) is 10.1. The van der Waals surface area contributed by atoms with Crippen molar-refractivity contribution in [2.24, 2.45) is 0 Å². The third-order valence-electron chi connectivity index (χ3n) is 5.56. The lowest BCUT2D eigenvalue weighted by Gasteiger charge is -2.26. The van der Waals surface area contributed by atoms with E-state index in [1.807, 2.05) is 40.3 Å². The molecular formula is C21H22BrN5OS. The first-order valence-corrected chi connectivity index (χ1v) is 11.6. The van der Waals surface area contributed by atoms with Gasteiger partial charge in [-0.3, -0.25) is 9.69 Å². The molecule has 0 saturated heterocycles. The van der Waals surface area contributed by atoms with Gasteiger partial charge in [0.1, 0.15) is 0 Å². The number of amides is 1. The Bertz CT molecular complexity index is 1020. The largest absolute Gasteiger partial charge is 0.349 e. The van der Waals surface area contributed by atoms with E-state index in [-0.39, 0.29) is 5.91 Å². The highest BCUT2D eigenvalue weighted by Gasteiger charge is 2.34. The molecule has 2 aliphatic rings. The van der Waals surface area contributed by atoms with Crippen LogP contribution in [-0.4, -0.2) is 45.4 Å². The molecule has 0 spiro atoms. The van der Waals surface area contributed by atoms with Crippen LogP contribution in [0.3, 0.4) is 0 Å². The Hall–Kier alpha value is -2.03. The van der Waals surface area contributed by atoms with Crippen LogP contribution in [0.5, 0.6) is 0 Å². The molecule has 5 rings (SSSR count). The van der Waals surface area contributed by atoms with E-state index in [1.165, 1.54) is 10.4 Å². The number of aromatic nitrogens is 3. The van der Waals surface area contributed by atoms with Crippen LogP contribution >= 0.6 is 27.3 Å². The van der Waals surface area contributed by atoms with Gasteiger partial charge in [-0.1, -0.05) is 21.1 Å². The summed E-state index contributed by atoms with van der Waals surface area (Å²) in [5.74, 6) is 0.247. The van der Waals surface area contributed by atoms with Crippen molar-refractivity contribution in [3.05, 3.63) is 62.0 Å². The minimum atomic E-state index is -0.122. The maximum Gasteiger partial charge on any atom is 0.273 e. The van der Waals surface area contributed by atoms with Gasteiger partial charge in [-0.15, -0.1) is 16.4 Å². The topological polar surface area (TPSA) is 63.1 Å². The van der Waals surface area contributed by atoms with Crippen molar-refractivity contribution in [2.75, 3.05) is 19.6 Å². The summed E-state index contributed by atoms with van der Waals surface area (Å²) in [5, 5.41) is 13.8. The molecule has 1 aliphatic heterocycles. The van der Waals surface area contributed by atoms with Crippen molar-refractivity contribution in [2.45, 2.75) is 31.7 Å². The summed E-state index contributed by atoms with van der Waals surface area (Å²) in [4.78, 5) is 16.7. The highest BCUT2D eigenvalue weighted by Crippen LogP contribution is 2.42. The highest BCUT2D eigenvalue weighted by atomic mass is 79.9. The molecule has 0 atom stereocenters. The predicted molar refractivity (Wildman–Crippen MR) is 117 cm³/mol. The first-order valence-electron chi connectivity index (χ1n) is 9.96. The van der Waals surface area contributed by atoms with E-state index < -0.39 is 0 Å². The minimum Gasteiger partial charge on any atom is -0.349 e. The maximum atomic E-state index is 12.8. The zero-order valence-electron chi connectivity index (χ0n) is 16.0. The Morgan fingerprint density at radius 1 is 1.24 bits per heavy atom. The van der Waals surface area contributed by atoms with E-state index in [1.54, 1.807) is 0 Å². The van der Waals surface area contributed by atoms with E-state index in [4.69, 9.17) is 0 Å². The number of hydrogen-bond donors (Lipinski definition) is 1. The Morgan fingerprint density at radius 3 is 2.86 bits per heavy atom. The normalized spacial score (nSPS) is 16.6. The van der Waals surface area contributed by atoms with E-state index >= 15 is 0 Å². The first-order chi connectivity index (χ1) is 14.2. The van der Waals surface area contributed by atoms with Gasteiger partial charge in [0.25, 0.3) is 5.91 Å². The quantitative estimate of drug-likeness (QED) is 0.594. The molecule has 1 amide bonds. The monoisotopic (exact) mass is 471 g/mol. The van der Waals surface area contributed by atoms with E-state index in [0.717, 1.165) is 54.8 Å². The smallest absolute Gasteiger partial charge is 0.273 e. The number of carbonyl (C=O) groups is 1. The molecule has 6 nitrogen and oxygen atoms in total. The molecule has 150 valence electrons. The molecule has 3 aromatic rings. The number of hydrogen-bond acceptors (Lipinski definition) is 5. The molecule has 8 heteroatoms. The lowest BCUT2D eigenvalue weighted by molar-refractivity contribution is 0.0941. The molecule has 1 fully saturated rings. The number of thiophene rings is 1. The molecule has 3 heterocycles. The third-order valence-corrected chi connectivity index (χ3v) is 7.11. The van der Waals surface area contributed by atoms with Crippen molar-refractivity contribution >= 4 is 33.2 Å². The summed E-state index contributed by atoms with van der Waals surface area (Å²) in [5.41, 5.74) is 3.77. The van der Waals surface area contributed by atoms with Crippen LogP contribution in [0.2, 0.25) is 0 Å². The van der Waals surface area contributed by atoms with E-state index in [2.05, 4.69) is 47.9 Å². The van der Waals surface area contributed by atoms with Crippen LogP contribution in [0.4, 0.5) is 0 Å². The fourth-order valence-corrected chi connectivity index (χ4v) is 5.01. The van der Waals surface area contributed by atoms with Crippen LogP contribution in [-0.2, 0) is 13.0 Å². The number of halogens is 1. The average molecular weight is 472 g/mol. The van der Waals surface area contributed by atoms with Crippen molar-refractivity contribution < 1.29 is 4.79 Å². The number of nitrogens with one attached hydrogen (secondary N) is 1. The SMILES string of the molecule is O=C(NCCN1CCc2sccc2C1)c1nnn(-c2ccc(Br)cc2)c1C1CC1. The summed E-state index contributed by atoms with van der Waals surface area (Å²) < 4.78 is 2.83. The zero-order chi connectivity index (χ0) is 19.8. The Kier molecular flexibility index (Phi) is 5.24. The lowest BCUT2D eigenvalue weighted by Crippen LogP contribution is -2.37. The standard InChI is InChI=1S/C21H22BrN5OS/c22-16-3-5-17(6-4-16)27-20(14-1-2-14)19(24-25-27)21(28)23-9-11-26-10-7-18-15(13-26)8-12-29-18/h3-6,8,12,14H,1-2,7,9-11,13H2,(H,23,28). The van der Waals surface area contributed by atoms with E-state index in [0.29, 0.717) is 18.2 Å². The zero-order valence-corrected chi connectivity index (χ0v) is 18.4. The van der Waals surface area contributed by atoms with Gasteiger partial charge in [0.2, 0.25) is 0 Å². The fourth-order valence-electron chi connectivity index (χ4n) is 3.86. The van der Waals surface area contributed by atoms with Gasteiger partial charge in [-0.25, -0.2) is 4.68 Å². The molecule has 1 aromatic carbocycles. The molecule has 1 N–H and O–H groups in total. The molecule has 1 aliphatic carbocycles. The summed E-state index contributed by atoms with van der Waals surface area (Å²) in [6.45, 7) is 3.49. The number of fused-ring (bicyclic) bond motifs is 1. The van der Waals surface area contributed by atoms with Crippen molar-refractivity contribution in [1.82, 2.24) is 25.2 Å². The molecule has 29 heavy (non-hydrogen) atoms. The number of carbonyl (C=O) groups excluding carboxylic acids is 1. The van der Waals surface area contributed by atoms with Crippen molar-refractivity contribution in [1.29, 1.82) is 0 Å². The second-order valence-electron chi connectivity index (χ2n) is 7.64. The predicted octanol–water partition coefficient (Wildman–Crippen LogP) is 3.76. The van der Waals surface area contributed by atoms with Gasteiger partial charge >= 0.3 is 0 Å². The lowest BCUT2D eigenvalue weighted by atomic mass is 10.1. The average Bonchev–Trinajstić information content (AvgIpc) is 3.29. The molecular weight excluding hydrogens is 450 g/mol. The van der Waals surface area contributed by atoms with Crippen molar-refractivity contribution in [3.8, 4) is 5.69 Å². The Labute approximate surface area is 182 Å². The van der Waals surface area contributed by atoms with Gasteiger partial charge in [0, 0.05) is 41.4 Å². The van der Waals surface area contributed by atoms with Crippen molar-refractivity contribution in [3.63, 3.8) is 0 Å². The number of benzene rings is 1. The van der Waals surface area contributed by atoms with Gasteiger partial charge < -0.3 is 5.32 Å². The Morgan fingerprint density at radius 2 is 2.07 bits per heavy atom. The third kappa shape index (κ3) is 4.01. The van der Waals surface area contributed by atoms with Crippen LogP contribution in [0.15, 0.2) is 40.2 Å². The molecule has 0 radical (unpaired) electrons. The summed E-state index contributed by atoms with van der Waals surface area (Å²) >= 11 is 5.31. The van der Waals surface area contributed by atoms with Crippen LogP contribution in [0.1, 0.15) is 45.4 Å². The fraction of sp³-hybridized carbons (Fsp3) is 0.381. The molecule has 0 bridgehead atoms. The van der Waals surface area contributed by atoms with Gasteiger partial charge in [-0.2, -0.15) is 0 Å². The molecule has 0 unspecified atom stereocenters. The number of nitrogens with zero attached hydrogens (tertiary/aromatic N) is 4. The van der Waals surface area contributed by atoms with Crippen LogP contribution < -0.4 is 5.32 Å². The second-order valence-corrected chi connectivity index (χ2v) is 9.55. The minimum absolute atomic E-state index is 0.122. The molecule has 1 saturated carbocycles. The van der Waals surface area contributed by atoms with Crippen LogP contribution in [0, 0.1) is 0 Å². The Balaban J connectivity index is 1.25. The van der Waals surface area contributed by atoms with Crippen LogP contribution in [0.25, 0.3) is 5.69 Å². The summed E-state index contributed by atoms with van der Waals surface area (Å²) in [7, 11) is 0. The number of rotatable bonds is 6. The van der Waals surface area contributed by atoms with E-state index in [9.17, 15) is 4.79 Å². The second kappa shape index (κ2) is 8.01. The maximum absolute atomic E-state index is 12.8. The summed E-state index contributed by atoms with van der Waals surface area (Å²) in [6.07, 6.45) is 3.27. The highest BCUT2D eigenvalue weighted by molar-refractivity contribution is 9.10.